The molecule has 3 amide bonds. The van der Waals surface area contributed by atoms with Crippen molar-refractivity contribution in [2.24, 2.45) is 5.10 Å². The van der Waals surface area contributed by atoms with Crippen molar-refractivity contribution in [3.63, 3.8) is 0 Å². The summed E-state index contributed by atoms with van der Waals surface area (Å²) in [6.45, 7) is 0.528. The van der Waals surface area contributed by atoms with Crippen molar-refractivity contribution >= 4 is 41.2 Å². The predicted molar refractivity (Wildman–Crippen MR) is 117 cm³/mol. The minimum atomic E-state index is -0.532. The standard InChI is InChI=1S/C21H23ClN4O5/c1-30-11-10-23-19(27)12-20(28)26-24-13-15-6-8-16(9-7-15)31-14-21(29)25-18-5-3-2-4-17(18)22/h2-9,13H,10-12,14H2,1H3,(H,23,27)(H,25,29)(H,26,28). The Morgan fingerprint density at radius 3 is 2.48 bits per heavy atom. The highest BCUT2D eigenvalue weighted by Gasteiger charge is 2.08. The van der Waals surface area contributed by atoms with Crippen LogP contribution in [0.4, 0.5) is 5.69 Å². The first-order valence-electron chi connectivity index (χ1n) is 9.32. The van der Waals surface area contributed by atoms with Gasteiger partial charge in [-0.25, -0.2) is 5.43 Å². The van der Waals surface area contributed by atoms with E-state index >= 15 is 0 Å². The number of ether oxygens (including phenoxy) is 2. The Labute approximate surface area is 184 Å². The van der Waals surface area contributed by atoms with Crippen LogP contribution in [-0.2, 0) is 19.1 Å². The van der Waals surface area contributed by atoms with Gasteiger partial charge in [-0.2, -0.15) is 5.10 Å². The molecule has 9 nitrogen and oxygen atoms in total. The molecule has 0 atom stereocenters. The van der Waals surface area contributed by atoms with Crippen LogP contribution in [-0.4, -0.2) is 50.8 Å². The number of carbonyl (C=O) groups excluding carboxylic acids is 3. The molecule has 0 aliphatic carbocycles. The van der Waals surface area contributed by atoms with Crippen molar-refractivity contribution in [1.29, 1.82) is 0 Å². The largest absolute Gasteiger partial charge is 0.484 e. The summed E-state index contributed by atoms with van der Waals surface area (Å²) in [4.78, 5) is 35.1. The number of hydrogen-bond acceptors (Lipinski definition) is 6. The predicted octanol–water partition coefficient (Wildman–Crippen LogP) is 1.96. The van der Waals surface area contributed by atoms with Crippen LogP contribution in [0, 0.1) is 0 Å². The number of nitrogens with one attached hydrogen (secondary N) is 3. The third kappa shape index (κ3) is 9.28. The average Bonchev–Trinajstić information content (AvgIpc) is 2.75. The van der Waals surface area contributed by atoms with Gasteiger partial charge in [0.25, 0.3) is 5.91 Å². The van der Waals surface area contributed by atoms with Gasteiger partial charge in [0.2, 0.25) is 11.8 Å². The van der Waals surface area contributed by atoms with Crippen LogP contribution in [0.25, 0.3) is 0 Å². The van der Waals surface area contributed by atoms with Crippen LogP contribution < -0.4 is 20.8 Å². The Hall–Kier alpha value is -3.43. The number of nitrogens with zero attached hydrogens (tertiary/aromatic N) is 1. The molecule has 0 heterocycles. The normalized spacial score (nSPS) is 10.5. The first-order valence-corrected chi connectivity index (χ1v) is 9.70. The van der Waals surface area contributed by atoms with Gasteiger partial charge in [-0.05, 0) is 42.0 Å². The molecule has 0 bridgehead atoms. The summed E-state index contributed by atoms with van der Waals surface area (Å²) >= 11 is 6.00. The van der Waals surface area contributed by atoms with Crippen molar-refractivity contribution < 1.29 is 23.9 Å². The minimum Gasteiger partial charge on any atom is -0.484 e. The molecule has 0 spiro atoms. The molecule has 0 aromatic heterocycles. The smallest absolute Gasteiger partial charge is 0.262 e. The number of hydrogen-bond donors (Lipinski definition) is 3. The van der Waals surface area contributed by atoms with Gasteiger partial charge in [-0.15, -0.1) is 0 Å². The zero-order valence-corrected chi connectivity index (χ0v) is 17.6. The van der Waals surface area contributed by atoms with E-state index in [2.05, 4.69) is 21.2 Å². The van der Waals surface area contributed by atoms with Gasteiger partial charge in [-0.1, -0.05) is 23.7 Å². The van der Waals surface area contributed by atoms with Crippen LogP contribution in [0.2, 0.25) is 5.02 Å². The van der Waals surface area contributed by atoms with Gasteiger partial charge in [0.05, 0.1) is 23.5 Å². The van der Waals surface area contributed by atoms with Crippen molar-refractivity contribution in [3.8, 4) is 5.75 Å². The highest BCUT2D eigenvalue weighted by Crippen LogP contribution is 2.20. The summed E-state index contributed by atoms with van der Waals surface area (Å²) in [6, 6.07) is 13.6. The van der Waals surface area contributed by atoms with Gasteiger partial charge in [0, 0.05) is 13.7 Å². The zero-order chi connectivity index (χ0) is 22.5. The Morgan fingerprint density at radius 1 is 1.03 bits per heavy atom. The maximum atomic E-state index is 12.0. The van der Waals surface area contributed by atoms with E-state index in [1.165, 1.54) is 13.3 Å². The topological polar surface area (TPSA) is 118 Å². The molecule has 31 heavy (non-hydrogen) atoms. The number of amides is 3. The maximum Gasteiger partial charge on any atom is 0.262 e. The van der Waals surface area contributed by atoms with E-state index in [1.54, 1.807) is 48.5 Å². The molecule has 2 aromatic rings. The van der Waals surface area contributed by atoms with E-state index in [4.69, 9.17) is 21.1 Å². The molecule has 10 heteroatoms. The molecule has 0 aliphatic heterocycles. The maximum absolute atomic E-state index is 12.0. The van der Waals surface area contributed by atoms with Crippen molar-refractivity contribution in [3.05, 3.63) is 59.1 Å². The first-order chi connectivity index (χ1) is 15.0. The molecule has 2 aromatic carbocycles. The van der Waals surface area contributed by atoms with E-state index in [1.807, 2.05) is 0 Å². The summed E-state index contributed by atoms with van der Waals surface area (Å²) < 4.78 is 10.2. The van der Waals surface area contributed by atoms with E-state index in [0.717, 1.165) is 0 Å². The second kappa shape index (κ2) is 13.0. The van der Waals surface area contributed by atoms with Gasteiger partial charge in [-0.3, -0.25) is 14.4 Å². The average molecular weight is 447 g/mol. The molecular weight excluding hydrogens is 424 g/mol. The number of methoxy groups -OCH3 is 1. The third-order valence-electron chi connectivity index (χ3n) is 3.75. The number of para-hydroxylation sites is 1. The highest BCUT2D eigenvalue weighted by molar-refractivity contribution is 6.33. The fraction of sp³-hybridized carbons (Fsp3) is 0.238. The van der Waals surface area contributed by atoms with E-state index in [0.29, 0.717) is 35.2 Å². The lowest BCUT2D eigenvalue weighted by molar-refractivity contribution is -0.129. The Kier molecular flexibility index (Phi) is 9.99. The molecule has 164 valence electrons. The molecular formula is C21H23ClN4O5. The SMILES string of the molecule is COCCNC(=O)CC(=O)NN=Cc1ccc(OCC(=O)Nc2ccccc2Cl)cc1. The Morgan fingerprint density at radius 2 is 1.77 bits per heavy atom. The molecule has 0 fully saturated rings. The van der Waals surface area contributed by atoms with E-state index in [-0.39, 0.29) is 18.9 Å². The van der Waals surface area contributed by atoms with Gasteiger partial charge >= 0.3 is 0 Å². The molecule has 0 saturated heterocycles. The number of carbonyl (C=O) groups is 3. The first kappa shape index (κ1) is 23.8. The summed E-state index contributed by atoms with van der Waals surface area (Å²) in [5.74, 6) is -0.795. The van der Waals surface area contributed by atoms with E-state index < -0.39 is 11.8 Å². The van der Waals surface area contributed by atoms with Crippen LogP contribution in [0.1, 0.15) is 12.0 Å². The number of rotatable bonds is 11. The fourth-order valence-electron chi connectivity index (χ4n) is 2.27. The lowest BCUT2D eigenvalue weighted by Crippen LogP contribution is -2.31. The van der Waals surface area contributed by atoms with Crippen molar-refractivity contribution in [1.82, 2.24) is 10.7 Å². The Bertz CT molecular complexity index is 918. The highest BCUT2D eigenvalue weighted by atomic mass is 35.5. The number of halogens is 1. The molecule has 0 saturated carbocycles. The fourth-order valence-corrected chi connectivity index (χ4v) is 2.45. The van der Waals surface area contributed by atoms with Crippen LogP contribution in [0.5, 0.6) is 5.75 Å². The summed E-state index contributed by atoms with van der Waals surface area (Å²) in [7, 11) is 1.52. The van der Waals surface area contributed by atoms with E-state index in [9.17, 15) is 14.4 Å². The molecule has 2 rings (SSSR count). The second-order valence-corrected chi connectivity index (χ2v) is 6.61. The van der Waals surface area contributed by atoms with Gasteiger partial charge < -0.3 is 20.1 Å². The number of benzene rings is 2. The lowest BCUT2D eigenvalue weighted by Gasteiger charge is -2.08. The quantitative estimate of drug-likeness (QED) is 0.211. The van der Waals surface area contributed by atoms with Crippen LogP contribution in [0.15, 0.2) is 53.6 Å². The Balaban J connectivity index is 1.72. The van der Waals surface area contributed by atoms with Gasteiger partial charge in [0.15, 0.2) is 6.61 Å². The number of hydrazone groups is 1. The van der Waals surface area contributed by atoms with Crippen molar-refractivity contribution in [2.75, 3.05) is 32.2 Å². The lowest BCUT2D eigenvalue weighted by atomic mass is 10.2. The third-order valence-corrected chi connectivity index (χ3v) is 4.08. The molecule has 0 radical (unpaired) electrons. The summed E-state index contributed by atoms with van der Waals surface area (Å²) in [5, 5.41) is 9.45. The molecule has 3 N–H and O–H groups in total. The van der Waals surface area contributed by atoms with Crippen LogP contribution >= 0.6 is 11.6 Å². The monoisotopic (exact) mass is 446 g/mol. The molecule has 0 unspecified atom stereocenters. The summed E-state index contributed by atoms with van der Waals surface area (Å²) in [5.41, 5.74) is 3.48. The number of anilines is 1. The second-order valence-electron chi connectivity index (χ2n) is 6.20. The minimum absolute atomic E-state index is 0.179. The summed E-state index contributed by atoms with van der Waals surface area (Å²) in [6.07, 6.45) is 1.10. The van der Waals surface area contributed by atoms with Crippen LogP contribution in [0.3, 0.4) is 0 Å². The molecule has 0 aliphatic rings. The van der Waals surface area contributed by atoms with Crippen molar-refractivity contribution in [2.45, 2.75) is 6.42 Å². The zero-order valence-electron chi connectivity index (χ0n) is 16.9. The van der Waals surface area contributed by atoms with Gasteiger partial charge in [0.1, 0.15) is 12.2 Å².